The summed E-state index contributed by atoms with van der Waals surface area (Å²) >= 11 is 0. The zero-order valence-electron chi connectivity index (χ0n) is 6.89. The minimum Gasteiger partial charge on any atom is -0.381 e. The van der Waals surface area contributed by atoms with Crippen LogP contribution in [-0.2, 0) is 4.74 Å². The van der Waals surface area contributed by atoms with E-state index in [2.05, 4.69) is 13.8 Å². The van der Waals surface area contributed by atoms with Crippen molar-refractivity contribution in [2.24, 2.45) is 17.3 Å². The first-order chi connectivity index (χ1) is 4.70. The summed E-state index contributed by atoms with van der Waals surface area (Å²) in [5.74, 6) is 1.77. The van der Waals surface area contributed by atoms with Gasteiger partial charge in [-0.25, -0.2) is 0 Å². The first-order valence-corrected chi connectivity index (χ1v) is 4.28. The average Bonchev–Trinajstić information content (AvgIpc) is 2.36. The number of hydrogen-bond donors (Lipinski definition) is 0. The molecule has 0 spiro atoms. The van der Waals surface area contributed by atoms with E-state index in [1.165, 1.54) is 12.8 Å². The fourth-order valence-electron chi connectivity index (χ4n) is 2.49. The van der Waals surface area contributed by atoms with Gasteiger partial charge in [-0.3, -0.25) is 0 Å². The van der Waals surface area contributed by atoms with Crippen molar-refractivity contribution in [3.63, 3.8) is 0 Å². The Morgan fingerprint density at radius 1 is 1.30 bits per heavy atom. The van der Waals surface area contributed by atoms with Gasteiger partial charge in [0.2, 0.25) is 0 Å². The monoisotopic (exact) mass is 140 g/mol. The molecule has 1 aliphatic carbocycles. The van der Waals surface area contributed by atoms with Crippen molar-refractivity contribution in [3.05, 3.63) is 0 Å². The van der Waals surface area contributed by atoms with E-state index in [1.807, 2.05) is 0 Å². The van der Waals surface area contributed by atoms with E-state index in [4.69, 9.17) is 4.74 Å². The quantitative estimate of drug-likeness (QED) is 0.500. The molecule has 1 saturated heterocycles. The number of fused-ring (bicyclic) bond motifs is 1. The maximum absolute atomic E-state index is 5.45. The maximum Gasteiger partial charge on any atom is 0.0503 e. The zero-order valence-corrected chi connectivity index (χ0v) is 6.89. The fraction of sp³-hybridized carbons (Fsp3) is 1.00. The Balaban J connectivity index is 2.16. The van der Waals surface area contributed by atoms with Crippen LogP contribution in [0.4, 0.5) is 0 Å². The van der Waals surface area contributed by atoms with Gasteiger partial charge < -0.3 is 4.74 Å². The third-order valence-electron chi connectivity index (χ3n) is 3.36. The van der Waals surface area contributed by atoms with Crippen LogP contribution in [0.15, 0.2) is 0 Å². The minimum atomic E-state index is 0.571. The molecule has 0 amide bonds. The number of rotatable bonds is 0. The summed E-state index contributed by atoms with van der Waals surface area (Å²) in [6.45, 7) is 6.82. The van der Waals surface area contributed by atoms with Gasteiger partial charge in [0.1, 0.15) is 0 Å². The van der Waals surface area contributed by atoms with E-state index in [9.17, 15) is 0 Å². The van der Waals surface area contributed by atoms with Gasteiger partial charge >= 0.3 is 0 Å². The molecule has 2 aliphatic rings. The number of ether oxygens (including phenoxy) is 1. The zero-order chi connectivity index (χ0) is 7.19. The van der Waals surface area contributed by atoms with Gasteiger partial charge in [0.25, 0.3) is 0 Å². The summed E-state index contributed by atoms with van der Waals surface area (Å²) < 4.78 is 5.45. The highest BCUT2D eigenvalue weighted by Crippen LogP contribution is 2.49. The Kier molecular flexibility index (Phi) is 1.31. The van der Waals surface area contributed by atoms with Gasteiger partial charge in [-0.1, -0.05) is 13.8 Å². The van der Waals surface area contributed by atoms with Crippen LogP contribution in [0.25, 0.3) is 0 Å². The predicted octanol–water partition coefficient (Wildman–Crippen LogP) is 2.07. The van der Waals surface area contributed by atoms with Crippen molar-refractivity contribution >= 4 is 0 Å². The predicted molar refractivity (Wildman–Crippen MR) is 40.8 cm³/mol. The molecule has 1 saturated carbocycles. The highest BCUT2D eigenvalue weighted by atomic mass is 16.5. The van der Waals surface area contributed by atoms with E-state index < -0.39 is 0 Å². The maximum atomic E-state index is 5.45. The molecule has 0 aromatic heterocycles. The van der Waals surface area contributed by atoms with Crippen molar-refractivity contribution in [3.8, 4) is 0 Å². The summed E-state index contributed by atoms with van der Waals surface area (Å²) in [4.78, 5) is 0. The fourth-order valence-corrected chi connectivity index (χ4v) is 2.49. The van der Waals surface area contributed by atoms with Gasteiger partial charge in [0.05, 0.1) is 6.61 Å². The van der Waals surface area contributed by atoms with E-state index in [0.717, 1.165) is 25.0 Å². The molecule has 2 unspecified atom stereocenters. The first kappa shape index (κ1) is 6.66. The van der Waals surface area contributed by atoms with Crippen LogP contribution in [0.2, 0.25) is 0 Å². The Morgan fingerprint density at radius 2 is 2.10 bits per heavy atom. The molecule has 1 nitrogen and oxygen atoms in total. The summed E-state index contributed by atoms with van der Waals surface area (Å²) in [5.41, 5.74) is 0.571. The van der Waals surface area contributed by atoms with Crippen LogP contribution in [0.1, 0.15) is 26.7 Å². The number of hydrogen-bond acceptors (Lipinski definition) is 1. The normalized spacial score (nSPS) is 43.8. The van der Waals surface area contributed by atoms with E-state index >= 15 is 0 Å². The first-order valence-electron chi connectivity index (χ1n) is 4.28. The summed E-state index contributed by atoms with van der Waals surface area (Å²) in [7, 11) is 0. The van der Waals surface area contributed by atoms with Gasteiger partial charge in [-0.05, 0) is 30.1 Å². The smallest absolute Gasteiger partial charge is 0.0503 e. The van der Waals surface area contributed by atoms with Crippen molar-refractivity contribution in [2.75, 3.05) is 13.2 Å². The van der Waals surface area contributed by atoms with E-state index in [1.54, 1.807) is 0 Å². The van der Waals surface area contributed by atoms with Gasteiger partial charge in [0, 0.05) is 6.61 Å². The summed E-state index contributed by atoms with van der Waals surface area (Å²) in [5, 5.41) is 0. The van der Waals surface area contributed by atoms with E-state index in [-0.39, 0.29) is 0 Å². The van der Waals surface area contributed by atoms with Gasteiger partial charge in [0.15, 0.2) is 0 Å². The molecule has 2 atom stereocenters. The van der Waals surface area contributed by atoms with Crippen molar-refractivity contribution < 1.29 is 4.74 Å². The molecule has 58 valence electrons. The molecule has 0 bridgehead atoms. The second kappa shape index (κ2) is 1.97. The van der Waals surface area contributed by atoms with Crippen molar-refractivity contribution in [2.45, 2.75) is 26.7 Å². The Hall–Kier alpha value is -0.0400. The highest BCUT2D eigenvalue weighted by molar-refractivity contribution is 4.93. The van der Waals surface area contributed by atoms with Crippen LogP contribution in [0.5, 0.6) is 0 Å². The van der Waals surface area contributed by atoms with Crippen LogP contribution in [0, 0.1) is 17.3 Å². The molecule has 1 aliphatic heterocycles. The molecule has 1 heterocycles. The van der Waals surface area contributed by atoms with Gasteiger partial charge in [-0.2, -0.15) is 0 Å². The molecule has 2 fully saturated rings. The lowest BCUT2D eigenvalue weighted by Gasteiger charge is -2.24. The highest BCUT2D eigenvalue weighted by Gasteiger charge is 2.44. The molecule has 1 heteroatoms. The van der Waals surface area contributed by atoms with Crippen LogP contribution >= 0.6 is 0 Å². The molecular formula is C9H16O. The largest absolute Gasteiger partial charge is 0.381 e. The minimum absolute atomic E-state index is 0.571. The second-order valence-electron chi connectivity index (χ2n) is 4.43. The molecule has 0 aromatic carbocycles. The van der Waals surface area contributed by atoms with Crippen LogP contribution in [-0.4, -0.2) is 13.2 Å². The second-order valence-corrected chi connectivity index (χ2v) is 4.43. The van der Waals surface area contributed by atoms with Gasteiger partial charge in [-0.15, -0.1) is 0 Å². The molecule has 2 rings (SSSR count). The SMILES string of the molecule is CC1(C)CCC2COCC21. The Bertz CT molecular complexity index is 140. The lowest BCUT2D eigenvalue weighted by atomic mass is 9.80. The lowest BCUT2D eigenvalue weighted by molar-refractivity contribution is 0.142. The standard InChI is InChI=1S/C9H16O/c1-9(2)4-3-7-5-10-6-8(7)9/h7-8H,3-6H2,1-2H3. The van der Waals surface area contributed by atoms with Crippen LogP contribution in [0.3, 0.4) is 0 Å². The van der Waals surface area contributed by atoms with E-state index in [0.29, 0.717) is 5.41 Å². The van der Waals surface area contributed by atoms with Crippen LogP contribution < -0.4 is 0 Å². The Morgan fingerprint density at radius 3 is 2.80 bits per heavy atom. The molecular weight excluding hydrogens is 124 g/mol. The topological polar surface area (TPSA) is 9.23 Å². The molecule has 0 aromatic rings. The molecule has 0 N–H and O–H groups in total. The third-order valence-corrected chi connectivity index (χ3v) is 3.36. The summed E-state index contributed by atoms with van der Waals surface area (Å²) in [6, 6.07) is 0. The molecule has 10 heavy (non-hydrogen) atoms. The van der Waals surface area contributed by atoms with Crippen molar-refractivity contribution in [1.82, 2.24) is 0 Å². The summed E-state index contributed by atoms with van der Waals surface area (Å²) in [6.07, 6.45) is 2.81. The Labute approximate surface area is 62.8 Å². The average molecular weight is 140 g/mol. The lowest BCUT2D eigenvalue weighted by Crippen LogP contribution is -2.21. The third kappa shape index (κ3) is 0.800. The van der Waals surface area contributed by atoms with Crippen molar-refractivity contribution in [1.29, 1.82) is 0 Å². The molecule has 0 radical (unpaired) electrons.